The molecule has 3 aromatic rings. The number of esters is 1. The molecule has 1 heterocycles. The summed E-state index contributed by atoms with van der Waals surface area (Å²) in [4.78, 5) is 36.3. The summed E-state index contributed by atoms with van der Waals surface area (Å²) in [5, 5.41) is 24.3. The number of rotatable bonds is 11. The molecule has 10 nitrogen and oxygen atoms in total. The van der Waals surface area contributed by atoms with Crippen LogP contribution >= 0.6 is 11.8 Å². The van der Waals surface area contributed by atoms with Crippen LogP contribution in [-0.4, -0.2) is 53.2 Å². The Morgan fingerprint density at radius 2 is 1.74 bits per heavy atom. The Labute approximate surface area is 248 Å². The van der Waals surface area contributed by atoms with Crippen molar-refractivity contribution in [2.75, 3.05) is 24.2 Å². The fourth-order valence-corrected chi connectivity index (χ4v) is 5.77. The number of aromatic carboxylic acids is 1. The first kappa shape index (κ1) is 31.0. The average molecular weight is 595 g/mol. The molecule has 2 amide bonds. The molecular formula is C31H34N2O8S. The molecule has 0 radical (unpaired) electrons. The summed E-state index contributed by atoms with van der Waals surface area (Å²) < 4.78 is 17.8. The minimum absolute atomic E-state index is 0.0670. The number of hydrogen-bond acceptors (Lipinski definition) is 8. The van der Waals surface area contributed by atoms with Gasteiger partial charge in [-0.2, -0.15) is 0 Å². The Balaban J connectivity index is 1.54. The zero-order valence-electron chi connectivity index (χ0n) is 23.3. The molecule has 1 aliphatic rings. The molecule has 11 heteroatoms. The first-order chi connectivity index (χ1) is 20.3. The summed E-state index contributed by atoms with van der Waals surface area (Å²) in [7, 11) is 0. The van der Waals surface area contributed by atoms with Crippen LogP contribution in [0.2, 0.25) is 0 Å². The molecular weight excluding hydrogens is 560 g/mol. The summed E-state index contributed by atoms with van der Waals surface area (Å²) in [5.74, 6) is -1.15. The Morgan fingerprint density at radius 1 is 0.976 bits per heavy atom. The van der Waals surface area contributed by atoms with Gasteiger partial charge in [-0.15, -0.1) is 11.8 Å². The van der Waals surface area contributed by atoms with E-state index in [1.807, 2.05) is 37.3 Å². The lowest BCUT2D eigenvalue weighted by atomic mass is 9.91. The largest absolute Gasteiger partial charge is 0.478 e. The lowest BCUT2D eigenvalue weighted by Gasteiger charge is -2.41. The monoisotopic (exact) mass is 594 g/mol. The standard InChI is InChI=1S/C31H34N2O8S/c1-3-39-27(35)16-32-31(38)33-23-8-6-7-22(15-23)30-40-25(18-42-26-10-5-4-9-24(26)29(36)37)19(2)28(41-30)21-13-11-20(17-34)12-14-21/h4-15,19,25,28,30,34H,3,16-18H2,1-2H3,(H,36,37)(H2,32,33,38)/t19-,25+,28+,30+/m1/s1. The second-order valence-electron chi connectivity index (χ2n) is 9.67. The molecule has 4 rings (SSSR count). The van der Waals surface area contributed by atoms with E-state index in [0.717, 1.165) is 11.1 Å². The molecule has 4 N–H and O–H groups in total. The van der Waals surface area contributed by atoms with Crippen LogP contribution in [0.15, 0.2) is 77.7 Å². The molecule has 1 aliphatic heterocycles. The third-order valence-electron chi connectivity index (χ3n) is 6.76. The van der Waals surface area contributed by atoms with Gasteiger partial charge < -0.3 is 35.1 Å². The summed E-state index contributed by atoms with van der Waals surface area (Å²) >= 11 is 1.41. The molecule has 1 saturated heterocycles. The SMILES string of the molecule is CCOC(=O)CNC(=O)Nc1cccc([C@H]2O[C@@H](CSc3ccccc3C(=O)O)[C@@H](C)[C@@H](c3ccc(CO)cc3)O2)c1. The molecule has 222 valence electrons. The molecule has 42 heavy (non-hydrogen) atoms. The first-order valence-corrected chi connectivity index (χ1v) is 14.5. The Morgan fingerprint density at radius 3 is 2.45 bits per heavy atom. The summed E-state index contributed by atoms with van der Waals surface area (Å²) in [6, 6.07) is 20.9. The van der Waals surface area contributed by atoms with Gasteiger partial charge in [-0.25, -0.2) is 9.59 Å². The van der Waals surface area contributed by atoms with Gasteiger partial charge in [0.15, 0.2) is 6.29 Å². The second kappa shape index (κ2) is 14.8. The van der Waals surface area contributed by atoms with Gasteiger partial charge in [0.05, 0.1) is 31.0 Å². The Kier molecular flexibility index (Phi) is 11.0. The number of carboxylic acid groups (broad SMARTS) is 1. The number of urea groups is 1. The number of carbonyl (C=O) groups excluding carboxylic acids is 2. The first-order valence-electron chi connectivity index (χ1n) is 13.5. The molecule has 0 unspecified atom stereocenters. The fourth-order valence-electron chi connectivity index (χ4n) is 4.55. The molecule has 3 aromatic carbocycles. The number of thioether (sulfide) groups is 1. The van der Waals surface area contributed by atoms with E-state index in [-0.39, 0.29) is 43.4 Å². The van der Waals surface area contributed by atoms with Gasteiger partial charge in [0.2, 0.25) is 0 Å². The third-order valence-corrected chi connectivity index (χ3v) is 7.92. The van der Waals surface area contributed by atoms with Crippen LogP contribution in [0.1, 0.15) is 53.3 Å². The average Bonchev–Trinajstić information content (AvgIpc) is 3.00. The number of amides is 2. The number of ether oxygens (including phenoxy) is 3. The van der Waals surface area contributed by atoms with Gasteiger partial charge in [0, 0.05) is 27.8 Å². The van der Waals surface area contributed by atoms with Crippen molar-refractivity contribution in [1.82, 2.24) is 5.32 Å². The van der Waals surface area contributed by atoms with Gasteiger partial charge in [0.1, 0.15) is 6.54 Å². The van der Waals surface area contributed by atoms with Gasteiger partial charge in [-0.3, -0.25) is 4.79 Å². The zero-order valence-corrected chi connectivity index (χ0v) is 24.1. The van der Waals surface area contributed by atoms with Crippen molar-refractivity contribution in [2.45, 2.75) is 43.8 Å². The van der Waals surface area contributed by atoms with E-state index in [1.54, 1.807) is 49.4 Å². The van der Waals surface area contributed by atoms with E-state index in [4.69, 9.17) is 14.2 Å². The van der Waals surface area contributed by atoms with Crippen molar-refractivity contribution in [3.05, 3.63) is 95.1 Å². The number of carboxylic acids is 1. The molecule has 1 fully saturated rings. The van der Waals surface area contributed by atoms with Gasteiger partial charge in [0.25, 0.3) is 0 Å². The molecule has 4 atom stereocenters. The zero-order chi connectivity index (χ0) is 30.1. The number of hydrogen-bond donors (Lipinski definition) is 4. The van der Waals surface area contributed by atoms with Crippen molar-refractivity contribution >= 4 is 35.4 Å². The number of carbonyl (C=O) groups is 3. The highest BCUT2D eigenvalue weighted by molar-refractivity contribution is 7.99. The summed E-state index contributed by atoms with van der Waals surface area (Å²) in [6.07, 6.45) is -1.46. The smallest absolute Gasteiger partial charge is 0.336 e. The third kappa shape index (κ3) is 8.10. The highest BCUT2D eigenvalue weighted by atomic mass is 32.2. The van der Waals surface area contributed by atoms with Crippen molar-refractivity contribution in [1.29, 1.82) is 0 Å². The summed E-state index contributed by atoms with van der Waals surface area (Å²) in [5.41, 5.74) is 3.08. The number of benzene rings is 3. The number of aliphatic hydroxyl groups excluding tert-OH is 1. The highest BCUT2D eigenvalue weighted by Gasteiger charge is 2.38. The van der Waals surface area contributed by atoms with Gasteiger partial charge in [-0.1, -0.05) is 55.5 Å². The number of nitrogens with one attached hydrogen (secondary N) is 2. The van der Waals surface area contributed by atoms with Crippen molar-refractivity contribution in [3.63, 3.8) is 0 Å². The van der Waals surface area contributed by atoms with E-state index in [2.05, 4.69) is 10.6 Å². The van der Waals surface area contributed by atoms with Crippen molar-refractivity contribution in [2.24, 2.45) is 5.92 Å². The molecule has 0 aliphatic carbocycles. The maximum absolute atomic E-state index is 12.3. The lowest BCUT2D eigenvalue weighted by Crippen LogP contribution is -2.38. The molecule has 0 saturated carbocycles. The van der Waals surface area contributed by atoms with Gasteiger partial charge in [-0.05, 0) is 42.3 Å². The van der Waals surface area contributed by atoms with E-state index < -0.39 is 24.3 Å². The van der Waals surface area contributed by atoms with Gasteiger partial charge >= 0.3 is 18.0 Å². The lowest BCUT2D eigenvalue weighted by molar-refractivity contribution is -0.268. The topological polar surface area (TPSA) is 143 Å². The predicted octanol–water partition coefficient (Wildman–Crippen LogP) is 5.15. The van der Waals surface area contributed by atoms with Crippen molar-refractivity contribution < 1.29 is 38.8 Å². The highest BCUT2D eigenvalue weighted by Crippen LogP contribution is 2.43. The van der Waals surface area contributed by atoms with Crippen LogP contribution in [0.5, 0.6) is 0 Å². The molecule has 0 aromatic heterocycles. The molecule has 0 spiro atoms. The van der Waals surface area contributed by atoms with Crippen LogP contribution in [0, 0.1) is 5.92 Å². The van der Waals surface area contributed by atoms with Crippen LogP contribution in [0.4, 0.5) is 10.5 Å². The van der Waals surface area contributed by atoms with Crippen LogP contribution < -0.4 is 10.6 Å². The Bertz CT molecular complexity index is 1380. The van der Waals surface area contributed by atoms with E-state index in [9.17, 15) is 24.6 Å². The van der Waals surface area contributed by atoms with Crippen LogP contribution in [0.25, 0.3) is 0 Å². The fraction of sp³-hybridized carbons (Fsp3) is 0.323. The van der Waals surface area contributed by atoms with E-state index >= 15 is 0 Å². The maximum atomic E-state index is 12.3. The van der Waals surface area contributed by atoms with Crippen molar-refractivity contribution in [3.8, 4) is 0 Å². The van der Waals surface area contributed by atoms with E-state index in [1.165, 1.54) is 11.8 Å². The molecule has 0 bridgehead atoms. The van der Waals surface area contributed by atoms with E-state index in [0.29, 0.717) is 21.9 Å². The number of aliphatic hydroxyl groups is 1. The quantitative estimate of drug-likeness (QED) is 0.175. The number of anilines is 1. The summed E-state index contributed by atoms with van der Waals surface area (Å²) in [6.45, 7) is 3.62. The maximum Gasteiger partial charge on any atom is 0.336 e. The minimum atomic E-state index is -0.991. The van der Waals surface area contributed by atoms with Crippen LogP contribution in [0.3, 0.4) is 0 Å². The minimum Gasteiger partial charge on any atom is -0.478 e. The Hall–Kier alpha value is -3.90. The normalized spacial score (nSPS) is 20.0. The predicted molar refractivity (Wildman–Crippen MR) is 157 cm³/mol. The second-order valence-corrected chi connectivity index (χ2v) is 10.7. The van der Waals surface area contributed by atoms with Crippen LogP contribution in [-0.2, 0) is 25.6 Å².